The number of nitrogens with zero attached hydrogens (tertiary/aromatic N) is 1. The van der Waals surface area contributed by atoms with Gasteiger partial charge in [0.1, 0.15) is 0 Å². The second-order valence-electron chi connectivity index (χ2n) is 5.60. The van der Waals surface area contributed by atoms with Crippen LogP contribution in [-0.2, 0) is 9.53 Å². The molecule has 3 heteroatoms. The Bertz CT molecular complexity index is 225. The van der Waals surface area contributed by atoms with E-state index in [1.54, 1.807) is 0 Å². The molecule has 0 aromatic heterocycles. The van der Waals surface area contributed by atoms with Gasteiger partial charge in [0.15, 0.2) is 0 Å². The van der Waals surface area contributed by atoms with E-state index in [9.17, 15) is 4.79 Å². The van der Waals surface area contributed by atoms with E-state index in [4.69, 9.17) is 4.74 Å². The number of likely N-dealkylation sites (tertiary alicyclic amines) is 1. The summed E-state index contributed by atoms with van der Waals surface area (Å²) in [6.07, 6.45) is 2.80. The van der Waals surface area contributed by atoms with Gasteiger partial charge >= 0.3 is 0 Å². The van der Waals surface area contributed by atoms with Crippen molar-refractivity contribution in [3.63, 3.8) is 0 Å². The first-order valence-electron chi connectivity index (χ1n) is 6.34. The Labute approximate surface area is 99.1 Å². The summed E-state index contributed by atoms with van der Waals surface area (Å²) in [4.78, 5) is 13.5. The predicted molar refractivity (Wildman–Crippen MR) is 65.3 cm³/mol. The summed E-state index contributed by atoms with van der Waals surface area (Å²) in [5.74, 6) is 0.912. The highest BCUT2D eigenvalue weighted by atomic mass is 16.5. The Morgan fingerprint density at radius 1 is 1.31 bits per heavy atom. The molecule has 1 aliphatic rings. The molecule has 1 rings (SSSR count). The molecule has 0 atom stereocenters. The lowest BCUT2D eigenvalue weighted by molar-refractivity contribution is -0.132. The first-order chi connectivity index (χ1) is 7.42. The van der Waals surface area contributed by atoms with Gasteiger partial charge in [0.25, 0.3) is 0 Å². The zero-order chi connectivity index (χ0) is 12.2. The molecule has 1 fully saturated rings. The molecule has 16 heavy (non-hydrogen) atoms. The summed E-state index contributed by atoms with van der Waals surface area (Å²) in [5, 5.41) is 0. The monoisotopic (exact) mass is 227 g/mol. The van der Waals surface area contributed by atoms with Crippen LogP contribution >= 0.6 is 0 Å². The Morgan fingerprint density at radius 3 is 2.31 bits per heavy atom. The molecule has 0 saturated carbocycles. The van der Waals surface area contributed by atoms with Gasteiger partial charge in [-0.1, -0.05) is 6.92 Å². The van der Waals surface area contributed by atoms with Crippen LogP contribution in [0.1, 0.15) is 47.0 Å². The zero-order valence-electron chi connectivity index (χ0n) is 11.1. The van der Waals surface area contributed by atoms with E-state index < -0.39 is 0 Å². The Balaban J connectivity index is 2.24. The van der Waals surface area contributed by atoms with Crippen LogP contribution in [-0.4, -0.2) is 36.1 Å². The van der Waals surface area contributed by atoms with E-state index in [0.29, 0.717) is 12.3 Å². The number of carbonyl (C=O) groups is 1. The molecule has 3 nitrogen and oxygen atoms in total. The van der Waals surface area contributed by atoms with Crippen LogP contribution in [0.15, 0.2) is 0 Å². The lowest BCUT2D eigenvalue weighted by Gasteiger charge is -2.33. The zero-order valence-corrected chi connectivity index (χ0v) is 11.1. The average Bonchev–Trinajstić information content (AvgIpc) is 2.25. The van der Waals surface area contributed by atoms with Gasteiger partial charge in [-0.25, -0.2) is 0 Å². The van der Waals surface area contributed by atoms with Crippen LogP contribution in [0, 0.1) is 5.92 Å². The predicted octanol–water partition coefficient (Wildman–Crippen LogP) is 2.45. The SMILES string of the molecule is CCC(=O)N1CCC(COC(C)(C)C)CC1. The van der Waals surface area contributed by atoms with E-state index in [1.807, 2.05) is 11.8 Å². The first kappa shape index (κ1) is 13.5. The largest absolute Gasteiger partial charge is 0.376 e. The van der Waals surface area contributed by atoms with Crippen molar-refractivity contribution >= 4 is 5.91 Å². The summed E-state index contributed by atoms with van der Waals surface area (Å²) in [7, 11) is 0. The molecule has 0 N–H and O–H groups in total. The topological polar surface area (TPSA) is 29.5 Å². The molecule has 1 heterocycles. The molecular weight excluding hydrogens is 202 g/mol. The number of amides is 1. The number of rotatable bonds is 3. The number of piperidine rings is 1. The number of hydrogen-bond donors (Lipinski definition) is 0. The van der Waals surface area contributed by atoms with Gasteiger partial charge in [0.2, 0.25) is 5.91 Å². The highest BCUT2D eigenvalue weighted by Gasteiger charge is 2.23. The van der Waals surface area contributed by atoms with Crippen LogP contribution in [0.5, 0.6) is 0 Å². The number of hydrogen-bond acceptors (Lipinski definition) is 2. The van der Waals surface area contributed by atoms with Gasteiger partial charge < -0.3 is 9.64 Å². The summed E-state index contributed by atoms with van der Waals surface area (Å²) in [6, 6.07) is 0. The summed E-state index contributed by atoms with van der Waals surface area (Å²) in [5.41, 5.74) is -0.0453. The minimum Gasteiger partial charge on any atom is -0.376 e. The molecule has 0 spiro atoms. The van der Waals surface area contributed by atoms with Crippen molar-refractivity contribution < 1.29 is 9.53 Å². The maximum Gasteiger partial charge on any atom is 0.222 e. The van der Waals surface area contributed by atoms with Crippen molar-refractivity contribution in [2.45, 2.75) is 52.6 Å². The van der Waals surface area contributed by atoms with Gasteiger partial charge in [-0.15, -0.1) is 0 Å². The van der Waals surface area contributed by atoms with Crippen molar-refractivity contribution in [2.75, 3.05) is 19.7 Å². The second kappa shape index (κ2) is 5.67. The van der Waals surface area contributed by atoms with Gasteiger partial charge in [0.05, 0.1) is 12.2 Å². The Kier molecular flexibility index (Phi) is 4.78. The fraction of sp³-hybridized carbons (Fsp3) is 0.923. The van der Waals surface area contributed by atoms with Crippen LogP contribution in [0.3, 0.4) is 0 Å². The van der Waals surface area contributed by atoms with Crippen molar-refractivity contribution in [1.82, 2.24) is 4.90 Å². The van der Waals surface area contributed by atoms with E-state index >= 15 is 0 Å². The number of ether oxygens (including phenoxy) is 1. The van der Waals surface area contributed by atoms with Gasteiger partial charge in [0, 0.05) is 19.5 Å². The van der Waals surface area contributed by atoms with Crippen molar-refractivity contribution in [2.24, 2.45) is 5.92 Å². The van der Waals surface area contributed by atoms with Crippen LogP contribution in [0.2, 0.25) is 0 Å². The summed E-state index contributed by atoms with van der Waals surface area (Å²) >= 11 is 0. The van der Waals surface area contributed by atoms with Crippen LogP contribution < -0.4 is 0 Å². The van der Waals surface area contributed by atoms with Crippen molar-refractivity contribution in [3.8, 4) is 0 Å². The molecule has 1 saturated heterocycles. The van der Waals surface area contributed by atoms with E-state index in [-0.39, 0.29) is 11.5 Å². The lowest BCUT2D eigenvalue weighted by Crippen LogP contribution is -2.39. The van der Waals surface area contributed by atoms with Crippen molar-refractivity contribution in [1.29, 1.82) is 0 Å². The molecule has 0 aromatic carbocycles. The molecule has 0 bridgehead atoms. The Morgan fingerprint density at radius 2 is 1.88 bits per heavy atom. The molecule has 1 amide bonds. The standard InChI is InChI=1S/C13H25NO2/c1-5-12(15)14-8-6-11(7-9-14)10-16-13(2,3)4/h11H,5-10H2,1-4H3. The summed E-state index contributed by atoms with van der Waals surface area (Å²) < 4.78 is 5.79. The maximum atomic E-state index is 11.5. The first-order valence-corrected chi connectivity index (χ1v) is 6.34. The molecule has 94 valence electrons. The van der Waals surface area contributed by atoms with Crippen LogP contribution in [0.4, 0.5) is 0 Å². The van der Waals surface area contributed by atoms with E-state index in [1.165, 1.54) is 0 Å². The van der Waals surface area contributed by atoms with Gasteiger partial charge in [-0.3, -0.25) is 4.79 Å². The Hall–Kier alpha value is -0.570. The number of carbonyl (C=O) groups excluding carboxylic acids is 1. The average molecular weight is 227 g/mol. The molecule has 0 radical (unpaired) electrons. The lowest BCUT2D eigenvalue weighted by atomic mass is 9.97. The van der Waals surface area contributed by atoms with Crippen molar-refractivity contribution in [3.05, 3.63) is 0 Å². The molecule has 0 unspecified atom stereocenters. The van der Waals surface area contributed by atoms with Crippen LogP contribution in [0.25, 0.3) is 0 Å². The maximum absolute atomic E-state index is 11.5. The third kappa shape index (κ3) is 4.52. The third-order valence-electron chi connectivity index (χ3n) is 3.02. The summed E-state index contributed by atoms with van der Waals surface area (Å²) in [6.45, 7) is 10.8. The smallest absolute Gasteiger partial charge is 0.222 e. The quantitative estimate of drug-likeness (QED) is 0.741. The fourth-order valence-electron chi connectivity index (χ4n) is 1.94. The third-order valence-corrected chi connectivity index (χ3v) is 3.02. The highest BCUT2D eigenvalue weighted by Crippen LogP contribution is 2.20. The normalized spacial score (nSPS) is 18.9. The molecular formula is C13H25NO2. The molecule has 0 aliphatic carbocycles. The minimum atomic E-state index is -0.0453. The molecule has 0 aromatic rings. The second-order valence-corrected chi connectivity index (χ2v) is 5.60. The van der Waals surface area contributed by atoms with Gasteiger partial charge in [-0.2, -0.15) is 0 Å². The molecule has 1 aliphatic heterocycles. The van der Waals surface area contributed by atoms with E-state index in [0.717, 1.165) is 32.5 Å². The van der Waals surface area contributed by atoms with E-state index in [2.05, 4.69) is 20.8 Å². The highest BCUT2D eigenvalue weighted by molar-refractivity contribution is 5.75. The fourth-order valence-corrected chi connectivity index (χ4v) is 1.94. The minimum absolute atomic E-state index is 0.0453. The van der Waals surface area contributed by atoms with Gasteiger partial charge in [-0.05, 0) is 39.5 Å².